The molecule has 1 aromatic rings. The Morgan fingerprint density at radius 2 is 1.82 bits per heavy atom. The van der Waals surface area contributed by atoms with Crippen molar-refractivity contribution in [2.24, 2.45) is 5.92 Å². The SMILES string of the molecule is CCCCCCCC1CCC(c2ccc(C=O)c(F)c2)CC1. The maximum Gasteiger partial charge on any atom is 0.152 e. The molecular formula is C20H29FO. The van der Waals surface area contributed by atoms with E-state index in [-0.39, 0.29) is 11.4 Å². The molecule has 22 heavy (non-hydrogen) atoms. The van der Waals surface area contributed by atoms with Crippen LogP contribution in [0.25, 0.3) is 0 Å². The Hall–Kier alpha value is -1.18. The maximum atomic E-state index is 13.7. The number of carbonyl (C=O) groups excluding carboxylic acids is 1. The first-order valence-corrected chi connectivity index (χ1v) is 8.99. The molecule has 0 N–H and O–H groups in total. The van der Waals surface area contributed by atoms with Crippen LogP contribution < -0.4 is 0 Å². The average molecular weight is 304 g/mol. The molecule has 1 saturated carbocycles. The molecule has 0 amide bonds. The summed E-state index contributed by atoms with van der Waals surface area (Å²) in [6.45, 7) is 2.26. The molecule has 1 aliphatic rings. The highest BCUT2D eigenvalue weighted by Crippen LogP contribution is 2.38. The van der Waals surface area contributed by atoms with Gasteiger partial charge in [0.15, 0.2) is 6.29 Å². The average Bonchev–Trinajstić information content (AvgIpc) is 2.55. The van der Waals surface area contributed by atoms with Gasteiger partial charge in [-0.2, -0.15) is 0 Å². The minimum atomic E-state index is -0.370. The molecule has 2 heteroatoms. The Kier molecular flexibility index (Phi) is 7.08. The first-order chi connectivity index (χ1) is 10.7. The normalized spacial score (nSPS) is 21.7. The Labute approximate surface area is 134 Å². The molecule has 0 radical (unpaired) electrons. The van der Waals surface area contributed by atoms with Crippen molar-refractivity contribution in [3.8, 4) is 0 Å². The molecule has 0 saturated heterocycles. The van der Waals surface area contributed by atoms with Gasteiger partial charge in [0, 0.05) is 0 Å². The van der Waals surface area contributed by atoms with E-state index in [9.17, 15) is 9.18 Å². The summed E-state index contributed by atoms with van der Waals surface area (Å²) in [5.41, 5.74) is 1.24. The number of halogens is 1. The van der Waals surface area contributed by atoms with Crippen molar-refractivity contribution in [3.05, 3.63) is 35.1 Å². The molecule has 0 aliphatic heterocycles. The van der Waals surface area contributed by atoms with Crippen LogP contribution in [0.1, 0.15) is 93.0 Å². The van der Waals surface area contributed by atoms with Crippen molar-refractivity contribution in [1.29, 1.82) is 0 Å². The van der Waals surface area contributed by atoms with Gasteiger partial charge in [0.05, 0.1) is 5.56 Å². The molecule has 0 spiro atoms. The summed E-state index contributed by atoms with van der Waals surface area (Å²) in [4.78, 5) is 10.7. The number of unbranched alkanes of at least 4 members (excludes halogenated alkanes) is 4. The Morgan fingerprint density at radius 1 is 1.09 bits per heavy atom. The van der Waals surface area contributed by atoms with Crippen LogP contribution in [0.3, 0.4) is 0 Å². The third kappa shape index (κ3) is 4.93. The van der Waals surface area contributed by atoms with Crippen molar-refractivity contribution < 1.29 is 9.18 Å². The van der Waals surface area contributed by atoms with Gasteiger partial charge in [0.1, 0.15) is 5.82 Å². The molecule has 0 heterocycles. The Balaban J connectivity index is 1.75. The van der Waals surface area contributed by atoms with Gasteiger partial charge in [-0.15, -0.1) is 0 Å². The van der Waals surface area contributed by atoms with Crippen LogP contribution in [-0.4, -0.2) is 6.29 Å². The highest BCUT2D eigenvalue weighted by Gasteiger charge is 2.22. The molecule has 1 nitrogen and oxygen atoms in total. The van der Waals surface area contributed by atoms with Crippen molar-refractivity contribution >= 4 is 6.29 Å². The largest absolute Gasteiger partial charge is 0.298 e. The molecule has 1 aromatic carbocycles. The number of aldehydes is 1. The topological polar surface area (TPSA) is 17.1 Å². The second-order valence-electron chi connectivity index (χ2n) is 6.82. The van der Waals surface area contributed by atoms with Gasteiger partial charge in [-0.05, 0) is 55.2 Å². The van der Waals surface area contributed by atoms with Crippen molar-refractivity contribution in [2.45, 2.75) is 77.0 Å². The third-order valence-corrected chi connectivity index (χ3v) is 5.19. The van der Waals surface area contributed by atoms with E-state index in [2.05, 4.69) is 6.92 Å². The summed E-state index contributed by atoms with van der Waals surface area (Å²) in [5.74, 6) is 0.981. The summed E-state index contributed by atoms with van der Waals surface area (Å²) in [6.07, 6.45) is 13.7. The van der Waals surface area contributed by atoms with Crippen LogP contribution in [0.5, 0.6) is 0 Å². The smallest absolute Gasteiger partial charge is 0.152 e. The van der Waals surface area contributed by atoms with Gasteiger partial charge in [0.2, 0.25) is 0 Å². The Morgan fingerprint density at radius 3 is 2.45 bits per heavy atom. The fourth-order valence-corrected chi connectivity index (χ4v) is 3.71. The Bertz CT molecular complexity index is 461. The molecular weight excluding hydrogens is 275 g/mol. The van der Waals surface area contributed by atoms with Gasteiger partial charge in [-0.3, -0.25) is 4.79 Å². The molecule has 1 aliphatic carbocycles. The van der Waals surface area contributed by atoms with Crippen LogP contribution in [0.15, 0.2) is 18.2 Å². The molecule has 2 rings (SSSR count). The quantitative estimate of drug-likeness (QED) is 0.408. The fraction of sp³-hybridized carbons (Fsp3) is 0.650. The molecule has 0 unspecified atom stereocenters. The van der Waals surface area contributed by atoms with Gasteiger partial charge in [0.25, 0.3) is 0 Å². The number of hydrogen-bond donors (Lipinski definition) is 0. The zero-order chi connectivity index (χ0) is 15.8. The van der Waals surface area contributed by atoms with Crippen LogP contribution in [0.2, 0.25) is 0 Å². The van der Waals surface area contributed by atoms with Gasteiger partial charge in [-0.25, -0.2) is 4.39 Å². The summed E-state index contributed by atoms with van der Waals surface area (Å²) >= 11 is 0. The number of rotatable bonds is 8. The van der Waals surface area contributed by atoms with E-state index in [1.54, 1.807) is 12.1 Å². The molecule has 1 fully saturated rings. The third-order valence-electron chi connectivity index (χ3n) is 5.19. The van der Waals surface area contributed by atoms with Crippen molar-refractivity contribution in [3.63, 3.8) is 0 Å². The predicted molar refractivity (Wildman–Crippen MR) is 89.9 cm³/mol. The van der Waals surface area contributed by atoms with Gasteiger partial charge >= 0.3 is 0 Å². The summed E-state index contributed by atoms with van der Waals surface area (Å²) in [7, 11) is 0. The van der Waals surface area contributed by atoms with E-state index >= 15 is 0 Å². The summed E-state index contributed by atoms with van der Waals surface area (Å²) in [6, 6.07) is 5.12. The van der Waals surface area contributed by atoms with E-state index < -0.39 is 0 Å². The second-order valence-corrected chi connectivity index (χ2v) is 6.82. The minimum absolute atomic E-state index is 0.171. The zero-order valence-electron chi connectivity index (χ0n) is 13.8. The van der Waals surface area contributed by atoms with Crippen LogP contribution >= 0.6 is 0 Å². The second kappa shape index (κ2) is 9.07. The molecule has 122 valence electrons. The van der Waals surface area contributed by atoms with E-state index in [0.29, 0.717) is 12.2 Å². The lowest BCUT2D eigenvalue weighted by Gasteiger charge is -2.29. The van der Waals surface area contributed by atoms with E-state index in [1.807, 2.05) is 6.07 Å². The summed E-state index contributed by atoms with van der Waals surface area (Å²) in [5, 5.41) is 0. The van der Waals surface area contributed by atoms with E-state index in [4.69, 9.17) is 0 Å². The number of benzene rings is 1. The lowest BCUT2D eigenvalue weighted by atomic mass is 9.77. The lowest BCUT2D eigenvalue weighted by Crippen LogP contribution is -2.13. The van der Waals surface area contributed by atoms with E-state index in [0.717, 1.165) is 11.5 Å². The summed E-state index contributed by atoms with van der Waals surface area (Å²) < 4.78 is 13.7. The van der Waals surface area contributed by atoms with Gasteiger partial charge in [-0.1, -0.05) is 51.5 Å². The highest BCUT2D eigenvalue weighted by atomic mass is 19.1. The number of hydrogen-bond acceptors (Lipinski definition) is 1. The highest BCUT2D eigenvalue weighted by molar-refractivity contribution is 5.75. The monoisotopic (exact) mass is 304 g/mol. The van der Waals surface area contributed by atoms with Crippen LogP contribution in [0.4, 0.5) is 4.39 Å². The van der Waals surface area contributed by atoms with Crippen molar-refractivity contribution in [1.82, 2.24) is 0 Å². The van der Waals surface area contributed by atoms with Crippen LogP contribution in [-0.2, 0) is 0 Å². The van der Waals surface area contributed by atoms with Crippen molar-refractivity contribution in [2.75, 3.05) is 0 Å². The first kappa shape index (κ1) is 17.2. The standard InChI is InChI=1S/C20H29FO/c1-2-3-4-5-6-7-16-8-10-17(11-9-16)18-12-13-19(15-22)20(21)14-18/h12-17H,2-11H2,1H3. The number of carbonyl (C=O) groups is 1. The first-order valence-electron chi connectivity index (χ1n) is 8.99. The minimum Gasteiger partial charge on any atom is -0.298 e. The van der Waals surface area contributed by atoms with Gasteiger partial charge < -0.3 is 0 Å². The zero-order valence-corrected chi connectivity index (χ0v) is 13.8. The molecule has 0 atom stereocenters. The fourth-order valence-electron chi connectivity index (χ4n) is 3.71. The van der Waals surface area contributed by atoms with Crippen LogP contribution in [0, 0.1) is 11.7 Å². The maximum absolute atomic E-state index is 13.7. The lowest BCUT2D eigenvalue weighted by molar-refractivity contribution is 0.112. The predicted octanol–water partition coefficient (Wildman–Crippen LogP) is 6.27. The molecule has 0 aromatic heterocycles. The van der Waals surface area contributed by atoms with E-state index in [1.165, 1.54) is 64.2 Å². The molecule has 0 bridgehead atoms.